The summed E-state index contributed by atoms with van der Waals surface area (Å²) in [6, 6.07) is 15.6. The summed E-state index contributed by atoms with van der Waals surface area (Å²) in [6.45, 7) is 2.53. The Kier molecular flexibility index (Phi) is 7.26. The highest BCUT2D eigenvalue weighted by Gasteiger charge is 2.27. The lowest BCUT2D eigenvalue weighted by Gasteiger charge is -2.29. The Morgan fingerprint density at radius 2 is 1.58 bits per heavy atom. The van der Waals surface area contributed by atoms with Crippen LogP contribution in [-0.4, -0.2) is 13.7 Å². The van der Waals surface area contributed by atoms with Gasteiger partial charge in [0, 0.05) is 11.6 Å². The highest BCUT2D eigenvalue weighted by atomic mass is 19.2. The molecule has 2 nitrogen and oxygen atoms in total. The molecule has 5 heteroatoms. The van der Waals surface area contributed by atoms with E-state index in [1.54, 1.807) is 24.3 Å². The molecule has 0 amide bonds. The Hall–Kier alpha value is -2.95. The number of rotatable bonds is 7. The molecule has 0 N–H and O–H groups in total. The van der Waals surface area contributed by atoms with Crippen molar-refractivity contribution in [2.75, 3.05) is 13.7 Å². The molecule has 174 valence electrons. The molecule has 0 saturated heterocycles. The van der Waals surface area contributed by atoms with Crippen molar-refractivity contribution >= 4 is 0 Å². The van der Waals surface area contributed by atoms with Crippen LogP contribution in [0.1, 0.15) is 49.7 Å². The smallest absolute Gasteiger partial charge is 0.168 e. The quantitative estimate of drug-likeness (QED) is 0.364. The van der Waals surface area contributed by atoms with Crippen molar-refractivity contribution in [3.05, 3.63) is 83.2 Å². The van der Waals surface area contributed by atoms with E-state index in [2.05, 4.69) is 6.92 Å². The third-order valence-corrected chi connectivity index (χ3v) is 6.68. The summed E-state index contributed by atoms with van der Waals surface area (Å²) in [7, 11) is 1.42. The minimum Gasteiger partial charge on any atom is -0.494 e. The molecule has 0 radical (unpaired) electrons. The Balaban J connectivity index is 1.37. The molecule has 0 unspecified atom stereocenters. The third kappa shape index (κ3) is 5.18. The second-order valence-electron chi connectivity index (χ2n) is 8.71. The van der Waals surface area contributed by atoms with Crippen LogP contribution in [0.25, 0.3) is 11.1 Å². The number of methoxy groups -OCH3 is 1. The van der Waals surface area contributed by atoms with E-state index < -0.39 is 17.5 Å². The first-order valence-electron chi connectivity index (χ1n) is 11.5. The minimum atomic E-state index is -0.774. The number of hydrogen-bond donors (Lipinski definition) is 0. The molecule has 4 rings (SSSR count). The van der Waals surface area contributed by atoms with Crippen molar-refractivity contribution in [3.63, 3.8) is 0 Å². The van der Waals surface area contributed by atoms with Gasteiger partial charge in [0.05, 0.1) is 13.7 Å². The first-order chi connectivity index (χ1) is 16.0. The third-order valence-electron chi connectivity index (χ3n) is 6.68. The number of ether oxygens (including phenoxy) is 2. The molecular weight excluding hydrogens is 425 g/mol. The first-order valence-corrected chi connectivity index (χ1v) is 11.5. The van der Waals surface area contributed by atoms with Gasteiger partial charge >= 0.3 is 0 Å². The summed E-state index contributed by atoms with van der Waals surface area (Å²) < 4.78 is 54.4. The van der Waals surface area contributed by atoms with Crippen molar-refractivity contribution < 1.29 is 22.6 Å². The molecule has 0 atom stereocenters. The zero-order valence-corrected chi connectivity index (χ0v) is 19.0. The Morgan fingerprint density at radius 3 is 2.21 bits per heavy atom. The lowest BCUT2D eigenvalue weighted by molar-refractivity contribution is 0.198. The van der Waals surface area contributed by atoms with E-state index in [-0.39, 0.29) is 11.7 Å². The topological polar surface area (TPSA) is 18.5 Å². The maximum atomic E-state index is 15.0. The predicted octanol–water partition coefficient (Wildman–Crippen LogP) is 7.69. The lowest BCUT2D eigenvalue weighted by Crippen LogP contribution is -2.20. The fraction of sp³-hybridized carbons (Fsp3) is 0.357. The van der Waals surface area contributed by atoms with Crippen LogP contribution in [0.15, 0.2) is 54.6 Å². The fourth-order valence-corrected chi connectivity index (χ4v) is 4.61. The average Bonchev–Trinajstić information content (AvgIpc) is 2.85. The van der Waals surface area contributed by atoms with E-state index in [1.807, 2.05) is 24.3 Å². The number of aryl methyl sites for hydroxylation is 1. The average molecular weight is 455 g/mol. The van der Waals surface area contributed by atoms with Gasteiger partial charge < -0.3 is 9.47 Å². The standard InChI is InChI=1S/C28H29F3O2/c1-3-18-4-8-20(9-5-18)23-13-14-24(28(31)27(23)30)21-10-6-19(7-11-21)17-33-22-12-15-26(32-2)25(29)16-22/h4-5,8-9,12-16,19,21H,3,6-7,10-11,17H2,1-2H3. The van der Waals surface area contributed by atoms with Crippen LogP contribution in [0, 0.1) is 23.4 Å². The SMILES string of the molecule is CCc1ccc(-c2ccc(C3CCC(COc4ccc(OC)c(F)c4)CC3)c(F)c2F)cc1. The molecular formula is C28H29F3O2. The highest BCUT2D eigenvalue weighted by Crippen LogP contribution is 2.39. The maximum Gasteiger partial charge on any atom is 0.168 e. The van der Waals surface area contributed by atoms with Crippen LogP contribution in [0.2, 0.25) is 0 Å². The lowest BCUT2D eigenvalue weighted by atomic mass is 9.78. The van der Waals surface area contributed by atoms with E-state index in [0.29, 0.717) is 35.0 Å². The number of hydrogen-bond acceptors (Lipinski definition) is 2. The van der Waals surface area contributed by atoms with Gasteiger partial charge in [-0.1, -0.05) is 43.3 Å². The zero-order chi connectivity index (χ0) is 23.4. The molecule has 0 heterocycles. The van der Waals surface area contributed by atoms with Crippen molar-refractivity contribution in [3.8, 4) is 22.6 Å². The van der Waals surface area contributed by atoms with Crippen LogP contribution in [-0.2, 0) is 6.42 Å². The predicted molar refractivity (Wildman–Crippen MR) is 124 cm³/mol. The summed E-state index contributed by atoms with van der Waals surface area (Å²) in [5, 5.41) is 0. The zero-order valence-electron chi connectivity index (χ0n) is 19.0. The Bertz CT molecular complexity index is 1090. The molecule has 33 heavy (non-hydrogen) atoms. The molecule has 0 aliphatic heterocycles. The molecule has 0 aromatic heterocycles. The van der Waals surface area contributed by atoms with E-state index >= 15 is 0 Å². The Labute approximate surface area is 193 Å². The summed E-state index contributed by atoms with van der Waals surface area (Å²) in [4.78, 5) is 0. The van der Waals surface area contributed by atoms with E-state index in [0.717, 1.165) is 37.7 Å². The van der Waals surface area contributed by atoms with Crippen LogP contribution < -0.4 is 9.47 Å². The Morgan fingerprint density at radius 1 is 0.848 bits per heavy atom. The van der Waals surface area contributed by atoms with Crippen molar-refractivity contribution in [2.24, 2.45) is 5.92 Å². The van der Waals surface area contributed by atoms with Crippen LogP contribution in [0.3, 0.4) is 0 Å². The largest absolute Gasteiger partial charge is 0.494 e. The van der Waals surface area contributed by atoms with Gasteiger partial charge in [-0.15, -0.1) is 0 Å². The fourth-order valence-electron chi connectivity index (χ4n) is 4.61. The first kappa shape index (κ1) is 23.2. The normalized spacial score (nSPS) is 18.2. The summed E-state index contributed by atoms with van der Waals surface area (Å²) >= 11 is 0. The molecule has 3 aromatic rings. The van der Waals surface area contributed by atoms with Crippen molar-refractivity contribution in [1.82, 2.24) is 0 Å². The molecule has 1 saturated carbocycles. The molecule has 0 bridgehead atoms. The maximum absolute atomic E-state index is 15.0. The van der Waals surface area contributed by atoms with Gasteiger partial charge in [0.2, 0.25) is 0 Å². The monoisotopic (exact) mass is 454 g/mol. The highest BCUT2D eigenvalue weighted by molar-refractivity contribution is 5.65. The van der Waals surface area contributed by atoms with Crippen molar-refractivity contribution in [1.29, 1.82) is 0 Å². The van der Waals surface area contributed by atoms with Gasteiger partial charge in [-0.2, -0.15) is 0 Å². The molecule has 1 fully saturated rings. The van der Waals surface area contributed by atoms with Crippen LogP contribution >= 0.6 is 0 Å². The molecule has 3 aromatic carbocycles. The second kappa shape index (κ2) is 10.3. The van der Waals surface area contributed by atoms with Gasteiger partial charge in [0.15, 0.2) is 23.2 Å². The van der Waals surface area contributed by atoms with Crippen molar-refractivity contribution in [2.45, 2.75) is 44.9 Å². The second-order valence-corrected chi connectivity index (χ2v) is 8.71. The summed E-state index contributed by atoms with van der Waals surface area (Å²) in [5.74, 6) is -1.03. The van der Waals surface area contributed by atoms with Gasteiger partial charge in [-0.25, -0.2) is 13.2 Å². The number of benzene rings is 3. The molecule has 1 aliphatic rings. The van der Waals surface area contributed by atoms with E-state index in [9.17, 15) is 13.2 Å². The van der Waals surface area contributed by atoms with Crippen LogP contribution in [0.4, 0.5) is 13.2 Å². The summed E-state index contributed by atoms with van der Waals surface area (Å²) in [5.41, 5.74) is 2.60. The van der Waals surface area contributed by atoms with Gasteiger partial charge in [-0.3, -0.25) is 0 Å². The van der Waals surface area contributed by atoms with E-state index in [4.69, 9.17) is 9.47 Å². The van der Waals surface area contributed by atoms with E-state index in [1.165, 1.54) is 13.2 Å². The van der Waals surface area contributed by atoms with Gasteiger partial charge in [-0.05, 0) is 72.8 Å². The van der Waals surface area contributed by atoms with Gasteiger partial charge in [0.1, 0.15) is 5.75 Å². The summed E-state index contributed by atoms with van der Waals surface area (Å²) in [6.07, 6.45) is 4.15. The van der Waals surface area contributed by atoms with Gasteiger partial charge in [0.25, 0.3) is 0 Å². The van der Waals surface area contributed by atoms with Crippen LogP contribution in [0.5, 0.6) is 11.5 Å². The number of halogens is 3. The minimum absolute atomic E-state index is 0.00861. The molecule has 0 spiro atoms. The molecule has 1 aliphatic carbocycles.